The van der Waals surface area contributed by atoms with Gasteiger partial charge in [0.1, 0.15) is 23.0 Å². The minimum absolute atomic E-state index is 0.00357. The van der Waals surface area contributed by atoms with Crippen molar-refractivity contribution in [2.24, 2.45) is 5.84 Å². The van der Waals surface area contributed by atoms with Crippen LogP contribution in [0.25, 0.3) is 0 Å². The van der Waals surface area contributed by atoms with Crippen LogP contribution in [0.1, 0.15) is 66.7 Å². The topological polar surface area (TPSA) is 116 Å². The van der Waals surface area contributed by atoms with Crippen molar-refractivity contribution < 1.29 is 19.1 Å². The highest BCUT2D eigenvalue weighted by Crippen LogP contribution is 2.47. The van der Waals surface area contributed by atoms with Gasteiger partial charge in [0, 0.05) is 36.9 Å². The fourth-order valence-corrected chi connectivity index (χ4v) is 6.78. The molecule has 12 heteroatoms. The Kier molecular flexibility index (Phi) is 9.86. The minimum Gasteiger partial charge on any atom is -0.491 e. The van der Waals surface area contributed by atoms with Crippen LogP contribution in [0.3, 0.4) is 0 Å². The number of carbonyl (C=O) groups excluding carboxylic acids is 2. The molecule has 0 aromatic heterocycles. The van der Waals surface area contributed by atoms with Gasteiger partial charge in [0.25, 0.3) is 5.91 Å². The number of carbonyl (C=O) groups is 2. The minimum atomic E-state index is -0.738. The Hall–Kier alpha value is -3.15. The first kappa shape index (κ1) is 32.2. The number of amides is 2. The Balaban J connectivity index is 1.45. The Labute approximate surface area is 266 Å². The number of nitrogens with zero attached hydrogens (tertiary/aromatic N) is 4. The van der Waals surface area contributed by atoms with Crippen LogP contribution in [0.15, 0.2) is 35.6 Å². The zero-order valence-corrected chi connectivity index (χ0v) is 27.5. The average Bonchev–Trinajstić information content (AvgIpc) is 3.54. The summed E-state index contributed by atoms with van der Waals surface area (Å²) in [5, 5.41) is 8.45. The molecule has 0 bridgehead atoms. The molecule has 2 fully saturated rings. The van der Waals surface area contributed by atoms with Crippen molar-refractivity contribution in [2.75, 3.05) is 49.5 Å². The van der Waals surface area contributed by atoms with Gasteiger partial charge in [-0.25, -0.2) is 15.6 Å². The Morgan fingerprint density at radius 3 is 2.55 bits per heavy atom. The van der Waals surface area contributed by atoms with Crippen LogP contribution in [0.4, 0.5) is 16.2 Å². The molecule has 0 aliphatic carbocycles. The van der Waals surface area contributed by atoms with Crippen LogP contribution in [-0.2, 0) is 9.53 Å². The molecule has 1 aromatic carbocycles. The van der Waals surface area contributed by atoms with E-state index in [0.29, 0.717) is 41.7 Å². The third kappa shape index (κ3) is 7.38. The molecule has 4 aliphatic rings. The number of ether oxygens (including phenoxy) is 2. The summed E-state index contributed by atoms with van der Waals surface area (Å²) in [6.45, 7) is 14.1. The molecule has 11 nitrogen and oxygen atoms in total. The number of nitrogens with one attached hydrogen (secondary N) is 2. The Bertz CT molecular complexity index is 1290. The van der Waals surface area contributed by atoms with E-state index in [1.807, 2.05) is 58.9 Å². The van der Waals surface area contributed by atoms with Crippen LogP contribution in [0, 0.1) is 0 Å². The number of dihydropyridines is 1. The van der Waals surface area contributed by atoms with E-state index in [9.17, 15) is 9.59 Å². The molecule has 5 rings (SSSR count). The molecule has 3 atom stereocenters. The third-order valence-corrected chi connectivity index (χ3v) is 8.81. The van der Waals surface area contributed by atoms with Crippen LogP contribution < -0.4 is 26.1 Å². The molecule has 0 radical (unpaired) electrons. The Morgan fingerprint density at radius 1 is 1.11 bits per heavy atom. The standard InChI is InChI=1S/C32H48ClN7O4/c1-21-18-23(19-22(2)35-21)29(41)40(34)30-36-25-11-12-26(43-17-16-37-13-8-9-14-37)27(33)28(25)39(30)24-10-6-7-15-38(20-24)31(42)44-32(3,4)5/h11-12,18-19,21,24,30,35-36H,6-10,13-17,20,34H2,1-5H3/t21?,24-,30?/m1/s1. The first-order chi connectivity index (χ1) is 20.9. The number of anilines is 2. The summed E-state index contributed by atoms with van der Waals surface area (Å²) in [4.78, 5) is 33.3. The molecule has 4 N–H and O–H groups in total. The predicted octanol–water partition coefficient (Wildman–Crippen LogP) is 4.64. The smallest absolute Gasteiger partial charge is 0.410 e. The molecule has 0 spiro atoms. The number of nitrogens with two attached hydrogens (primary N) is 1. The quantitative estimate of drug-likeness (QED) is 0.225. The Morgan fingerprint density at radius 2 is 1.84 bits per heavy atom. The summed E-state index contributed by atoms with van der Waals surface area (Å²) in [7, 11) is 0. The van der Waals surface area contributed by atoms with E-state index in [2.05, 4.69) is 20.4 Å². The van der Waals surface area contributed by atoms with Crippen LogP contribution in [0.5, 0.6) is 5.75 Å². The fourth-order valence-electron chi connectivity index (χ4n) is 6.46. The third-order valence-electron chi connectivity index (χ3n) is 8.44. The molecule has 1 aromatic rings. The SMILES string of the molecule is CC1=CC(C(=O)N(N)C2Nc3ccc(OCCN4CCCC4)c(Cl)c3N2[C@@H]2CCCCN(C(=O)OC(C)(C)C)C2)=CC(C)N1. The van der Waals surface area contributed by atoms with E-state index in [4.69, 9.17) is 26.9 Å². The van der Waals surface area contributed by atoms with Crippen molar-refractivity contribution in [3.8, 4) is 5.75 Å². The second kappa shape index (κ2) is 13.5. The maximum Gasteiger partial charge on any atom is 0.410 e. The highest BCUT2D eigenvalue weighted by Gasteiger charge is 2.43. The van der Waals surface area contributed by atoms with Gasteiger partial charge in [-0.15, -0.1) is 0 Å². The predicted molar refractivity (Wildman–Crippen MR) is 173 cm³/mol. The zero-order chi connectivity index (χ0) is 31.6. The van der Waals surface area contributed by atoms with Gasteiger partial charge in [0.2, 0.25) is 0 Å². The molecule has 4 aliphatic heterocycles. The number of allylic oxidation sites excluding steroid dienone is 1. The number of hydrogen-bond donors (Lipinski definition) is 3. The summed E-state index contributed by atoms with van der Waals surface area (Å²) in [5.74, 6) is 6.95. The van der Waals surface area contributed by atoms with Gasteiger partial charge in [-0.05, 0) is 104 Å². The highest BCUT2D eigenvalue weighted by molar-refractivity contribution is 6.35. The number of hydrazine groups is 1. The lowest BCUT2D eigenvalue weighted by Gasteiger charge is -2.40. The summed E-state index contributed by atoms with van der Waals surface area (Å²) in [6, 6.07) is 3.59. The van der Waals surface area contributed by atoms with E-state index in [-0.39, 0.29) is 24.1 Å². The molecule has 242 valence electrons. The summed E-state index contributed by atoms with van der Waals surface area (Å²) < 4.78 is 12.0. The van der Waals surface area contributed by atoms with Crippen molar-refractivity contribution in [2.45, 2.75) is 90.7 Å². The van der Waals surface area contributed by atoms with Gasteiger partial charge in [-0.2, -0.15) is 0 Å². The largest absolute Gasteiger partial charge is 0.491 e. The number of fused-ring (bicyclic) bond motifs is 1. The van der Waals surface area contributed by atoms with Crippen molar-refractivity contribution >= 4 is 35.0 Å². The summed E-state index contributed by atoms with van der Waals surface area (Å²) >= 11 is 7.13. The van der Waals surface area contributed by atoms with Crippen LogP contribution >= 0.6 is 11.6 Å². The molecule has 2 amide bonds. The van der Waals surface area contributed by atoms with Crippen molar-refractivity contribution in [3.63, 3.8) is 0 Å². The molecule has 4 heterocycles. The van der Waals surface area contributed by atoms with Crippen molar-refractivity contribution in [3.05, 3.63) is 40.6 Å². The van der Waals surface area contributed by atoms with Crippen LogP contribution in [-0.4, -0.2) is 90.1 Å². The fraction of sp³-hybridized carbons (Fsp3) is 0.625. The zero-order valence-electron chi connectivity index (χ0n) is 26.7. The van der Waals surface area contributed by atoms with Gasteiger partial charge in [0.05, 0.1) is 17.4 Å². The van der Waals surface area contributed by atoms with Gasteiger partial charge >= 0.3 is 6.09 Å². The number of hydrogen-bond acceptors (Lipinski definition) is 9. The highest BCUT2D eigenvalue weighted by atomic mass is 35.5. The number of likely N-dealkylation sites (tertiary alicyclic amines) is 2. The van der Waals surface area contributed by atoms with E-state index >= 15 is 0 Å². The lowest BCUT2D eigenvalue weighted by molar-refractivity contribution is -0.129. The number of benzene rings is 1. The lowest BCUT2D eigenvalue weighted by atomic mass is 10.1. The van der Waals surface area contributed by atoms with Gasteiger partial charge in [0.15, 0.2) is 6.29 Å². The van der Waals surface area contributed by atoms with Gasteiger partial charge in [-0.3, -0.25) is 9.69 Å². The summed E-state index contributed by atoms with van der Waals surface area (Å²) in [6.07, 6.45) is 7.54. The first-order valence-corrected chi connectivity index (χ1v) is 16.2. The van der Waals surface area contributed by atoms with Crippen molar-refractivity contribution in [1.29, 1.82) is 0 Å². The molecular weight excluding hydrogens is 582 g/mol. The normalized spacial score (nSPS) is 24.0. The monoisotopic (exact) mass is 629 g/mol. The molecule has 0 saturated carbocycles. The van der Waals surface area contributed by atoms with E-state index in [1.54, 1.807) is 4.90 Å². The lowest BCUT2D eigenvalue weighted by Crippen LogP contribution is -2.60. The second-order valence-electron chi connectivity index (χ2n) is 13.3. The first-order valence-electron chi connectivity index (χ1n) is 15.9. The number of halogens is 1. The average molecular weight is 630 g/mol. The van der Waals surface area contributed by atoms with E-state index in [0.717, 1.165) is 50.3 Å². The van der Waals surface area contributed by atoms with E-state index < -0.39 is 11.9 Å². The second-order valence-corrected chi connectivity index (χ2v) is 13.6. The molecular formula is C32H48ClN7O4. The van der Waals surface area contributed by atoms with E-state index in [1.165, 1.54) is 17.9 Å². The maximum atomic E-state index is 13.8. The number of rotatable bonds is 7. The van der Waals surface area contributed by atoms with Gasteiger partial charge < -0.3 is 29.9 Å². The van der Waals surface area contributed by atoms with Gasteiger partial charge in [-0.1, -0.05) is 11.6 Å². The van der Waals surface area contributed by atoms with Crippen molar-refractivity contribution in [1.82, 2.24) is 20.1 Å². The maximum absolute atomic E-state index is 13.8. The molecule has 2 saturated heterocycles. The summed E-state index contributed by atoms with van der Waals surface area (Å²) in [5.41, 5.74) is 2.27. The molecule has 2 unspecified atom stereocenters. The van der Waals surface area contributed by atoms with Crippen LogP contribution in [0.2, 0.25) is 5.02 Å². The molecule has 44 heavy (non-hydrogen) atoms.